The van der Waals surface area contributed by atoms with E-state index in [0.29, 0.717) is 16.5 Å². The van der Waals surface area contributed by atoms with Crippen molar-refractivity contribution in [2.45, 2.75) is 12.5 Å². The van der Waals surface area contributed by atoms with E-state index >= 15 is 0 Å². The highest BCUT2D eigenvalue weighted by atomic mass is 79.9. The van der Waals surface area contributed by atoms with E-state index in [1.54, 1.807) is 13.2 Å². The van der Waals surface area contributed by atoms with E-state index in [0.717, 1.165) is 21.3 Å². The largest absolute Gasteiger partial charge is 0.496 e. The van der Waals surface area contributed by atoms with Crippen molar-refractivity contribution in [1.29, 1.82) is 0 Å². The standard InChI is InChI=1S/C15H14BrCl2NO/c1-20-14-6-5-9(7-11(14)16)13(19)8-10-3-2-4-12(17)15(10)18/h2-7,13H,8,19H2,1H3. The van der Waals surface area contributed by atoms with Gasteiger partial charge in [0, 0.05) is 6.04 Å². The average Bonchev–Trinajstić information content (AvgIpc) is 2.43. The maximum absolute atomic E-state index is 6.24. The van der Waals surface area contributed by atoms with Crippen molar-refractivity contribution in [2.75, 3.05) is 7.11 Å². The Morgan fingerprint density at radius 1 is 1.25 bits per heavy atom. The van der Waals surface area contributed by atoms with Crippen LogP contribution in [0.2, 0.25) is 10.0 Å². The van der Waals surface area contributed by atoms with E-state index in [4.69, 9.17) is 33.7 Å². The third-order valence-corrected chi connectivity index (χ3v) is 4.55. The molecule has 1 atom stereocenters. The molecule has 0 bridgehead atoms. The maximum atomic E-state index is 6.24. The molecule has 0 fully saturated rings. The number of benzene rings is 2. The minimum absolute atomic E-state index is 0.159. The monoisotopic (exact) mass is 373 g/mol. The molecule has 0 aliphatic carbocycles. The zero-order valence-corrected chi connectivity index (χ0v) is 14.0. The minimum atomic E-state index is -0.159. The fourth-order valence-corrected chi connectivity index (χ4v) is 2.93. The molecule has 2 nitrogen and oxygen atoms in total. The molecule has 20 heavy (non-hydrogen) atoms. The molecule has 2 aromatic carbocycles. The third-order valence-electron chi connectivity index (χ3n) is 3.08. The lowest BCUT2D eigenvalue weighted by Crippen LogP contribution is -2.13. The third kappa shape index (κ3) is 3.47. The highest BCUT2D eigenvalue weighted by Crippen LogP contribution is 2.31. The van der Waals surface area contributed by atoms with Gasteiger partial charge < -0.3 is 10.5 Å². The van der Waals surface area contributed by atoms with Gasteiger partial charge in [0.1, 0.15) is 5.75 Å². The number of rotatable bonds is 4. The SMILES string of the molecule is COc1ccc(C(N)Cc2cccc(Cl)c2Cl)cc1Br. The van der Waals surface area contributed by atoms with Crippen molar-refractivity contribution >= 4 is 39.1 Å². The lowest BCUT2D eigenvalue weighted by atomic mass is 9.99. The fourth-order valence-electron chi connectivity index (χ4n) is 1.97. The zero-order valence-electron chi connectivity index (χ0n) is 10.9. The van der Waals surface area contributed by atoms with Crippen LogP contribution in [0.1, 0.15) is 17.2 Å². The molecular formula is C15H14BrCl2NO. The lowest BCUT2D eigenvalue weighted by molar-refractivity contribution is 0.412. The summed E-state index contributed by atoms with van der Waals surface area (Å²) in [5, 5.41) is 1.12. The van der Waals surface area contributed by atoms with Crippen LogP contribution < -0.4 is 10.5 Å². The van der Waals surface area contributed by atoms with Gasteiger partial charge >= 0.3 is 0 Å². The van der Waals surface area contributed by atoms with Gasteiger partial charge in [-0.3, -0.25) is 0 Å². The summed E-state index contributed by atoms with van der Waals surface area (Å²) in [6.07, 6.45) is 0.623. The highest BCUT2D eigenvalue weighted by Gasteiger charge is 2.12. The van der Waals surface area contributed by atoms with Gasteiger partial charge in [-0.15, -0.1) is 0 Å². The lowest BCUT2D eigenvalue weighted by Gasteiger charge is -2.15. The Labute approximate surface area is 137 Å². The quantitative estimate of drug-likeness (QED) is 0.816. The topological polar surface area (TPSA) is 35.2 Å². The Morgan fingerprint density at radius 3 is 2.65 bits per heavy atom. The van der Waals surface area contributed by atoms with Crippen molar-refractivity contribution in [3.05, 3.63) is 62.0 Å². The van der Waals surface area contributed by atoms with Crippen LogP contribution >= 0.6 is 39.1 Å². The van der Waals surface area contributed by atoms with Gasteiger partial charge in [-0.2, -0.15) is 0 Å². The van der Waals surface area contributed by atoms with Crippen LogP contribution in [-0.4, -0.2) is 7.11 Å². The van der Waals surface area contributed by atoms with Crippen LogP contribution in [0, 0.1) is 0 Å². The Kier molecular flexibility index (Phi) is 5.33. The van der Waals surface area contributed by atoms with Crippen molar-refractivity contribution in [3.8, 4) is 5.75 Å². The van der Waals surface area contributed by atoms with Gasteiger partial charge in [0.05, 0.1) is 21.6 Å². The van der Waals surface area contributed by atoms with Crippen LogP contribution in [0.3, 0.4) is 0 Å². The molecule has 0 radical (unpaired) electrons. The van der Waals surface area contributed by atoms with Crippen LogP contribution in [0.4, 0.5) is 0 Å². The molecule has 2 aromatic rings. The van der Waals surface area contributed by atoms with E-state index in [1.807, 2.05) is 30.3 Å². The minimum Gasteiger partial charge on any atom is -0.496 e. The second kappa shape index (κ2) is 6.81. The number of hydrogen-bond donors (Lipinski definition) is 1. The summed E-state index contributed by atoms with van der Waals surface area (Å²) in [5.74, 6) is 0.779. The molecule has 1 unspecified atom stereocenters. The first-order chi connectivity index (χ1) is 9.52. The van der Waals surface area contributed by atoms with Gasteiger partial charge in [0.15, 0.2) is 0 Å². The smallest absolute Gasteiger partial charge is 0.133 e. The van der Waals surface area contributed by atoms with E-state index in [-0.39, 0.29) is 6.04 Å². The van der Waals surface area contributed by atoms with Crippen LogP contribution in [0.5, 0.6) is 5.75 Å². The number of hydrogen-bond acceptors (Lipinski definition) is 2. The van der Waals surface area contributed by atoms with Gasteiger partial charge in [0.25, 0.3) is 0 Å². The molecule has 0 aliphatic rings. The predicted octanol–water partition coefficient (Wildman–Crippen LogP) is 5.01. The Bertz CT molecular complexity index is 619. The van der Waals surface area contributed by atoms with Crippen LogP contribution in [-0.2, 0) is 6.42 Å². The Morgan fingerprint density at radius 2 is 2.00 bits per heavy atom. The van der Waals surface area contributed by atoms with Gasteiger partial charge in [-0.1, -0.05) is 41.4 Å². The van der Waals surface area contributed by atoms with Crippen molar-refractivity contribution in [1.82, 2.24) is 0 Å². The molecular weight excluding hydrogens is 361 g/mol. The average molecular weight is 375 g/mol. The van der Waals surface area contributed by atoms with Crippen LogP contribution in [0.25, 0.3) is 0 Å². The Hall–Kier alpha value is -0.740. The second-order valence-electron chi connectivity index (χ2n) is 4.42. The number of halogens is 3. The Balaban J connectivity index is 2.21. The summed E-state index contributed by atoms with van der Waals surface area (Å²) < 4.78 is 6.09. The molecule has 0 aliphatic heterocycles. The summed E-state index contributed by atoms with van der Waals surface area (Å²) in [4.78, 5) is 0. The van der Waals surface area contributed by atoms with Gasteiger partial charge in [-0.25, -0.2) is 0 Å². The first kappa shape index (κ1) is 15.6. The van der Waals surface area contributed by atoms with E-state index in [9.17, 15) is 0 Å². The van der Waals surface area contributed by atoms with Crippen molar-refractivity contribution in [3.63, 3.8) is 0 Å². The summed E-state index contributed by atoms with van der Waals surface area (Å²) in [5.41, 5.74) is 8.19. The van der Waals surface area contributed by atoms with E-state index in [2.05, 4.69) is 15.9 Å². The molecule has 0 spiro atoms. The molecule has 0 saturated carbocycles. The zero-order chi connectivity index (χ0) is 14.7. The summed E-state index contributed by atoms with van der Waals surface area (Å²) in [6, 6.07) is 11.2. The number of methoxy groups -OCH3 is 1. The molecule has 0 aromatic heterocycles. The highest BCUT2D eigenvalue weighted by molar-refractivity contribution is 9.10. The normalized spacial score (nSPS) is 12.2. The summed E-state index contributed by atoms with van der Waals surface area (Å²) >= 11 is 15.7. The number of nitrogens with two attached hydrogens (primary N) is 1. The molecule has 2 N–H and O–H groups in total. The molecule has 0 heterocycles. The van der Waals surface area contributed by atoms with Crippen molar-refractivity contribution < 1.29 is 4.74 Å². The summed E-state index contributed by atoms with van der Waals surface area (Å²) in [6.45, 7) is 0. The van der Waals surface area contributed by atoms with Crippen molar-refractivity contribution in [2.24, 2.45) is 5.73 Å². The molecule has 2 rings (SSSR count). The second-order valence-corrected chi connectivity index (χ2v) is 6.06. The van der Waals surface area contributed by atoms with Crippen LogP contribution in [0.15, 0.2) is 40.9 Å². The molecule has 5 heteroatoms. The predicted molar refractivity (Wildman–Crippen MR) is 87.8 cm³/mol. The van der Waals surface area contributed by atoms with Gasteiger partial charge in [0.2, 0.25) is 0 Å². The molecule has 0 saturated heterocycles. The molecule has 106 valence electrons. The molecule has 0 amide bonds. The van der Waals surface area contributed by atoms with Gasteiger partial charge in [-0.05, 0) is 51.7 Å². The summed E-state index contributed by atoms with van der Waals surface area (Å²) in [7, 11) is 1.63. The maximum Gasteiger partial charge on any atom is 0.133 e. The van der Waals surface area contributed by atoms with E-state index < -0.39 is 0 Å². The first-order valence-electron chi connectivity index (χ1n) is 6.05. The fraction of sp³-hybridized carbons (Fsp3) is 0.200. The number of ether oxygens (including phenoxy) is 1. The van der Waals surface area contributed by atoms with E-state index in [1.165, 1.54) is 0 Å². The first-order valence-corrected chi connectivity index (χ1v) is 7.59.